The Labute approximate surface area is 104 Å². The van der Waals surface area contributed by atoms with E-state index in [0.29, 0.717) is 11.4 Å². The van der Waals surface area contributed by atoms with Gasteiger partial charge in [-0.3, -0.25) is 4.98 Å². The third-order valence-electron chi connectivity index (χ3n) is 2.66. The van der Waals surface area contributed by atoms with Crippen LogP contribution in [0.4, 0.5) is 18.9 Å². The van der Waals surface area contributed by atoms with Crippen molar-refractivity contribution in [2.75, 3.05) is 12.3 Å². The SMILES string of the molecule is Cc1cnc(COCCCC(F)(F)F)c(C)c1N. The average molecular weight is 262 g/mol. The molecule has 0 aliphatic rings. The summed E-state index contributed by atoms with van der Waals surface area (Å²) in [4.78, 5) is 4.16. The number of ether oxygens (including phenoxy) is 1. The van der Waals surface area contributed by atoms with Crippen LogP contribution < -0.4 is 5.73 Å². The van der Waals surface area contributed by atoms with E-state index in [1.54, 1.807) is 6.20 Å². The Bertz CT molecular complexity index is 405. The smallest absolute Gasteiger partial charge is 0.389 e. The lowest BCUT2D eigenvalue weighted by Gasteiger charge is -2.10. The number of halogens is 3. The first-order valence-electron chi connectivity index (χ1n) is 5.66. The lowest BCUT2D eigenvalue weighted by atomic mass is 10.1. The number of anilines is 1. The van der Waals surface area contributed by atoms with Crippen LogP contribution in [0.2, 0.25) is 0 Å². The molecule has 0 aromatic carbocycles. The van der Waals surface area contributed by atoms with E-state index >= 15 is 0 Å². The second kappa shape index (κ2) is 6.04. The second-order valence-corrected chi connectivity index (χ2v) is 4.20. The largest absolute Gasteiger partial charge is 0.398 e. The van der Waals surface area contributed by atoms with Gasteiger partial charge in [0.05, 0.1) is 12.3 Å². The van der Waals surface area contributed by atoms with Crippen molar-refractivity contribution in [3.63, 3.8) is 0 Å². The lowest BCUT2D eigenvalue weighted by Crippen LogP contribution is -2.09. The Morgan fingerprint density at radius 1 is 1.33 bits per heavy atom. The number of nitrogens with two attached hydrogens (primary N) is 1. The molecule has 0 bridgehead atoms. The Morgan fingerprint density at radius 3 is 2.61 bits per heavy atom. The molecule has 1 aromatic rings. The maximum Gasteiger partial charge on any atom is 0.389 e. The number of nitrogen functional groups attached to an aromatic ring is 1. The molecule has 0 fully saturated rings. The van der Waals surface area contributed by atoms with Gasteiger partial charge in [-0.25, -0.2) is 0 Å². The van der Waals surface area contributed by atoms with Crippen molar-refractivity contribution in [2.24, 2.45) is 0 Å². The van der Waals surface area contributed by atoms with E-state index in [4.69, 9.17) is 10.5 Å². The van der Waals surface area contributed by atoms with Gasteiger partial charge in [0.1, 0.15) is 0 Å². The minimum absolute atomic E-state index is 0.0378. The summed E-state index contributed by atoms with van der Waals surface area (Å²) in [6, 6.07) is 0. The zero-order chi connectivity index (χ0) is 13.8. The molecule has 0 amide bonds. The van der Waals surface area contributed by atoms with Gasteiger partial charge in [0.15, 0.2) is 0 Å². The van der Waals surface area contributed by atoms with Crippen LogP contribution in [0.5, 0.6) is 0 Å². The molecule has 3 nitrogen and oxygen atoms in total. The number of aromatic nitrogens is 1. The van der Waals surface area contributed by atoms with Gasteiger partial charge in [0.2, 0.25) is 0 Å². The molecule has 1 aromatic heterocycles. The van der Waals surface area contributed by atoms with Crippen molar-refractivity contribution in [3.05, 3.63) is 23.0 Å². The molecule has 0 radical (unpaired) electrons. The van der Waals surface area contributed by atoms with Crippen molar-refractivity contribution in [1.29, 1.82) is 0 Å². The Kier molecular flexibility index (Phi) is 4.95. The van der Waals surface area contributed by atoms with E-state index in [9.17, 15) is 13.2 Å². The van der Waals surface area contributed by atoms with Crippen molar-refractivity contribution in [2.45, 2.75) is 39.5 Å². The fraction of sp³-hybridized carbons (Fsp3) is 0.583. The van der Waals surface area contributed by atoms with Crippen molar-refractivity contribution in [3.8, 4) is 0 Å². The maximum atomic E-state index is 11.9. The molecule has 0 saturated carbocycles. The molecule has 0 aliphatic heterocycles. The van der Waals surface area contributed by atoms with Crippen LogP contribution in [0.3, 0.4) is 0 Å². The van der Waals surface area contributed by atoms with Crippen molar-refractivity contribution in [1.82, 2.24) is 4.98 Å². The summed E-state index contributed by atoms with van der Waals surface area (Å²) < 4.78 is 40.8. The van der Waals surface area contributed by atoms with Gasteiger partial charge in [0.25, 0.3) is 0 Å². The highest BCUT2D eigenvalue weighted by Crippen LogP contribution is 2.22. The normalized spacial score (nSPS) is 11.8. The first-order valence-corrected chi connectivity index (χ1v) is 5.66. The molecule has 2 N–H and O–H groups in total. The molecule has 1 heterocycles. The Hall–Kier alpha value is -1.30. The number of nitrogens with zero attached hydrogens (tertiary/aromatic N) is 1. The number of pyridine rings is 1. The highest BCUT2D eigenvalue weighted by atomic mass is 19.4. The van der Waals surface area contributed by atoms with Crippen LogP contribution >= 0.6 is 0 Å². The van der Waals surface area contributed by atoms with E-state index in [0.717, 1.165) is 11.1 Å². The first-order chi connectivity index (χ1) is 8.31. The molecule has 0 spiro atoms. The van der Waals surface area contributed by atoms with Crippen LogP contribution in [-0.2, 0) is 11.3 Å². The molecule has 0 unspecified atom stereocenters. The quantitative estimate of drug-likeness (QED) is 0.829. The molecule has 0 atom stereocenters. The van der Waals surface area contributed by atoms with E-state index in [-0.39, 0.29) is 19.6 Å². The zero-order valence-electron chi connectivity index (χ0n) is 10.5. The van der Waals surface area contributed by atoms with Crippen molar-refractivity contribution < 1.29 is 17.9 Å². The summed E-state index contributed by atoms with van der Waals surface area (Å²) in [5.41, 5.74) is 8.86. The fourth-order valence-corrected chi connectivity index (χ4v) is 1.48. The number of hydrogen-bond acceptors (Lipinski definition) is 3. The van der Waals surface area contributed by atoms with E-state index in [2.05, 4.69) is 4.98 Å². The van der Waals surface area contributed by atoms with Crippen LogP contribution in [0, 0.1) is 13.8 Å². The fourth-order valence-electron chi connectivity index (χ4n) is 1.48. The minimum Gasteiger partial charge on any atom is -0.398 e. The maximum absolute atomic E-state index is 11.9. The predicted molar refractivity (Wildman–Crippen MR) is 63.1 cm³/mol. The summed E-state index contributed by atoms with van der Waals surface area (Å²) in [5, 5.41) is 0. The molecule has 102 valence electrons. The summed E-state index contributed by atoms with van der Waals surface area (Å²) in [5.74, 6) is 0. The summed E-state index contributed by atoms with van der Waals surface area (Å²) in [6.45, 7) is 3.93. The van der Waals surface area contributed by atoms with E-state index in [1.807, 2.05) is 13.8 Å². The van der Waals surface area contributed by atoms with Gasteiger partial charge in [-0.15, -0.1) is 0 Å². The Morgan fingerprint density at radius 2 is 2.00 bits per heavy atom. The number of rotatable bonds is 5. The molecule has 1 rings (SSSR count). The van der Waals surface area contributed by atoms with Gasteiger partial charge in [0, 0.05) is 24.9 Å². The third kappa shape index (κ3) is 4.52. The van der Waals surface area contributed by atoms with Crippen LogP contribution in [0.25, 0.3) is 0 Å². The highest BCUT2D eigenvalue weighted by Gasteiger charge is 2.25. The molecule has 18 heavy (non-hydrogen) atoms. The van der Waals surface area contributed by atoms with Gasteiger partial charge >= 0.3 is 6.18 Å². The van der Waals surface area contributed by atoms with Crippen LogP contribution in [-0.4, -0.2) is 17.8 Å². The number of aryl methyl sites for hydroxylation is 1. The number of alkyl halides is 3. The zero-order valence-corrected chi connectivity index (χ0v) is 10.5. The molecular weight excluding hydrogens is 245 g/mol. The van der Waals surface area contributed by atoms with Crippen LogP contribution in [0.1, 0.15) is 29.7 Å². The topological polar surface area (TPSA) is 48.1 Å². The van der Waals surface area contributed by atoms with Gasteiger partial charge in [-0.2, -0.15) is 13.2 Å². The summed E-state index contributed by atoms with van der Waals surface area (Å²) in [6.07, 6.45) is -3.35. The minimum atomic E-state index is -4.12. The summed E-state index contributed by atoms with van der Waals surface area (Å²) >= 11 is 0. The van der Waals surface area contributed by atoms with Gasteiger partial charge in [-0.05, 0) is 31.4 Å². The van der Waals surface area contributed by atoms with Gasteiger partial charge in [-0.1, -0.05) is 0 Å². The van der Waals surface area contributed by atoms with Crippen LogP contribution in [0.15, 0.2) is 6.20 Å². The average Bonchev–Trinajstić information content (AvgIpc) is 2.27. The second-order valence-electron chi connectivity index (χ2n) is 4.20. The molecule has 6 heteroatoms. The molecular formula is C12H17F3N2O. The Balaban J connectivity index is 2.39. The third-order valence-corrected chi connectivity index (χ3v) is 2.66. The lowest BCUT2D eigenvalue weighted by molar-refractivity contribution is -0.138. The first kappa shape index (κ1) is 14.8. The standard InChI is InChI=1S/C12H17F3N2O/c1-8-6-17-10(9(2)11(8)16)7-18-5-3-4-12(13,14)15/h6H,3-5,7H2,1-2H3,(H2,16,17). The molecule has 0 aliphatic carbocycles. The van der Waals surface area contributed by atoms with Gasteiger partial charge < -0.3 is 10.5 Å². The number of hydrogen-bond donors (Lipinski definition) is 1. The highest BCUT2D eigenvalue weighted by molar-refractivity contribution is 5.53. The van der Waals surface area contributed by atoms with Crippen molar-refractivity contribution >= 4 is 5.69 Å². The summed E-state index contributed by atoms with van der Waals surface area (Å²) in [7, 11) is 0. The molecule has 0 saturated heterocycles. The van der Waals surface area contributed by atoms with E-state index in [1.165, 1.54) is 0 Å². The monoisotopic (exact) mass is 262 g/mol. The van der Waals surface area contributed by atoms with E-state index < -0.39 is 12.6 Å². The predicted octanol–water partition coefficient (Wildman–Crippen LogP) is 3.14.